The van der Waals surface area contributed by atoms with E-state index < -0.39 is 12.0 Å². The first-order valence-corrected chi connectivity index (χ1v) is 9.31. The van der Waals surface area contributed by atoms with E-state index in [4.69, 9.17) is 19.9 Å². The van der Waals surface area contributed by atoms with Gasteiger partial charge in [0.25, 0.3) is 0 Å². The Balaban J connectivity index is 2.11. The summed E-state index contributed by atoms with van der Waals surface area (Å²) >= 11 is 0. The molecule has 1 aromatic rings. The van der Waals surface area contributed by atoms with Gasteiger partial charge in [0.1, 0.15) is 12.1 Å². The zero-order valence-electron chi connectivity index (χ0n) is 15.4. The summed E-state index contributed by atoms with van der Waals surface area (Å²) in [5.74, 6) is -0.313. The number of unbranched alkanes of at least 4 members (excludes halogenated alkanes) is 2. The molecule has 0 radical (unpaired) electrons. The van der Waals surface area contributed by atoms with Gasteiger partial charge in [-0.2, -0.15) is 0 Å². The maximum atomic E-state index is 12.0. The molecule has 5 nitrogen and oxygen atoms in total. The third-order valence-corrected chi connectivity index (χ3v) is 4.56. The lowest BCUT2D eigenvalue weighted by atomic mass is 9.91. The number of esters is 1. The van der Waals surface area contributed by atoms with Gasteiger partial charge in [0.2, 0.25) is 0 Å². The molecule has 0 amide bonds. The minimum absolute atomic E-state index is 0.108. The van der Waals surface area contributed by atoms with Crippen LogP contribution in [-0.4, -0.2) is 44.0 Å². The van der Waals surface area contributed by atoms with E-state index in [1.54, 1.807) is 0 Å². The van der Waals surface area contributed by atoms with Crippen molar-refractivity contribution in [1.29, 1.82) is 0 Å². The lowest BCUT2D eigenvalue weighted by molar-refractivity contribution is -0.159. The highest BCUT2D eigenvalue weighted by molar-refractivity contribution is 5.75. The van der Waals surface area contributed by atoms with Crippen LogP contribution in [0.1, 0.15) is 38.7 Å². The predicted octanol–water partition coefficient (Wildman–Crippen LogP) is 2.71. The molecule has 0 aromatic heterocycles. The van der Waals surface area contributed by atoms with E-state index in [1.165, 1.54) is 5.56 Å². The molecule has 0 bridgehead atoms. The molecule has 5 heteroatoms. The van der Waals surface area contributed by atoms with E-state index in [0.717, 1.165) is 25.7 Å². The maximum absolute atomic E-state index is 12.0. The van der Waals surface area contributed by atoms with Crippen LogP contribution in [0.3, 0.4) is 0 Å². The van der Waals surface area contributed by atoms with Crippen LogP contribution in [0.15, 0.2) is 30.3 Å². The summed E-state index contributed by atoms with van der Waals surface area (Å²) in [5, 5.41) is 0. The summed E-state index contributed by atoms with van der Waals surface area (Å²) in [6.45, 7) is 5.40. The Hall–Kier alpha value is -1.43. The topological polar surface area (TPSA) is 70.8 Å². The molecule has 1 aliphatic heterocycles. The number of carbonyl (C=O) groups excluding carboxylic acids is 1. The molecular formula is C20H31NO4. The predicted molar refractivity (Wildman–Crippen MR) is 97.2 cm³/mol. The van der Waals surface area contributed by atoms with Gasteiger partial charge in [-0.25, -0.2) is 0 Å². The standard InChI is InChI=1S/C20H31NO4/c1-3-4-8-11-24-19-15(2)25-20(22)18(21)14-23-13-17(19)12-16-9-6-5-7-10-16/h5-7,9-10,15,17-19H,3-4,8,11-14,21H2,1-2H3/t15-,17-,18-,19-/m0/s1. The average molecular weight is 349 g/mol. The number of rotatable bonds is 7. The van der Waals surface area contributed by atoms with Gasteiger partial charge < -0.3 is 19.9 Å². The molecule has 0 spiro atoms. The van der Waals surface area contributed by atoms with Crippen molar-refractivity contribution in [3.63, 3.8) is 0 Å². The molecule has 140 valence electrons. The van der Waals surface area contributed by atoms with Crippen molar-refractivity contribution >= 4 is 5.97 Å². The van der Waals surface area contributed by atoms with Crippen LogP contribution >= 0.6 is 0 Å². The molecule has 0 saturated carbocycles. The molecule has 1 fully saturated rings. The quantitative estimate of drug-likeness (QED) is 0.605. The second kappa shape index (κ2) is 10.5. The summed E-state index contributed by atoms with van der Waals surface area (Å²) in [6, 6.07) is 9.53. The Labute approximate surface area is 150 Å². The summed E-state index contributed by atoms with van der Waals surface area (Å²) in [7, 11) is 0. The summed E-state index contributed by atoms with van der Waals surface area (Å²) in [5.41, 5.74) is 7.04. The van der Waals surface area contributed by atoms with Gasteiger partial charge in [0.05, 0.1) is 19.3 Å². The first-order chi connectivity index (χ1) is 12.1. The van der Waals surface area contributed by atoms with Crippen LogP contribution in [0.2, 0.25) is 0 Å². The van der Waals surface area contributed by atoms with Crippen molar-refractivity contribution in [3.8, 4) is 0 Å². The fourth-order valence-electron chi connectivity index (χ4n) is 3.17. The van der Waals surface area contributed by atoms with Crippen LogP contribution in [0.25, 0.3) is 0 Å². The Kier molecular flexibility index (Phi) is 8.38. The third-order valence-electron chi connectivity index (χ3n) is 4.56. The van der Waals surface area contributed by atoms with Crippen molar-refractivity contribution in [2.24, 2.45) is 11.7 Å². The molecule has 1 aromatic carbocycles. The minimum Gasteiger partial charge on any atom is -0.459 e. The van der Waals surface area contributed by atoms with E-state index in [-0.39, 0.29) is 24.7 Å². The van der Waals surface area contributed by atoms with Gasteiger partial charge in [0, 0.05) is 12.5 Å². The average Bonchev–Trinajstić information content (AvgIpc) is 2.65. The van der Waals surface area contributed by atoms with E-state index in [2.05, 4.69) is 19.1 Å². The van der Waals surface area contributed by atoms with Crippen LogP contribution in [0.4, 0.5) is 0 Å². The number of ether oxygens (including phenoxy) is 3. The molecule has 1 saturated heterocycles. The number of nitrogens with two attached hydrogens (primary N) is 1. The van der Waals surface area contributed by atoms with Gasteiger partial charge in [-0.05, 0) is 25.3 Å². The molecule has 2 rings (SSSR count). The molecular weight excluding hydrogens is 318 g/mol. The Morgan fingerprint density at radius 1 is 1.20 bits per heavy atom. The van der Waals surface area contributed by atoms with E-state index in [1.807, 2.05) is 25.1 Å². The summed E-state index contributed by atoms with van der Waals surface area (Å²) < 4.78 is 17.4. The highest BCUT2D eigenvalue weighted by atomic mass is 16.6. The maximum Gasteiger partial charge on any atom is 0.325 e. The highest BCUT2D eigenvalue weighted by Crippen LogP contribution is 2.22. The zero-order chi connectivity index (χ0) is 18.1. The van der Waals surface area contributed by atoms with Crippen molar-refractivity contribution in [2.45, 2.75) is 57.8 Å². The number of hydrogen-bond donors (Lipinski definition) is 1. The largest absolute Gasteiger partial charge is 0.459 e. The Bertz CT molecular complexity index is 508. The van der Waals surface area contributed by atoms with Gasteiger partial charge in [0.15, 0.2) is 0 Å². The molecule has 0 unspecified atom stereocenters. The van der Waals surface area contributed by atoms with Gasteiger partial charge >= 0.3 is 5.97 Å². The normalized spacial score (nSPS) is 27.9. The number of cyclic esters (lactones) is 1. The molecule has 25 heavy (non-hydrogen) atoms. The molecule has 0 aliphatic carbocycles. The zero-order valence-corrected chi connectivity index (χ0v) is 15.4. The van der Waals surface area contributed by atoms with Crippen molar-refractivity contribution in [1.82, 2.24) is 0 Å². The van der Waals surface area contributed by atoms with Crippen molar-refractivity contribution in [2.75, 3.05) is 19.8 Å². The van der Waals surface area contributed by atoms with Gasteiger partial charge in [-0.3, -0.25) is 4.79 Å². The fourth-order valence-corrected chi connectivity index (χ4v) is 3.17. The lowest BCUT2D eigenvalue weighted by Crippen LogP contribution is -2.42. The number of benzene rings is 1. The fraction of sp³-hybridized carbons (Fsp3) is 0.650. The summed E-state index contributed by atoms with van der Waals surface area (Å²) in [4.78, 5) is 12.0. The monoisotopic (exact) mass is 349 g/mol. The third kappa shape index (κ3) is 6.42. The van der Waals surface area contributed by atoms with E-state index >= 15 is 0 Å². The van der Waals surface area contributed by atoms with Crippen LogP contribution in [-0.2, 0) is 25.4 Å². The smallest absolute Gasteiger partial charge is 0.325 e. The molecule has 1 aliphatic rings. The number of carbonyl (C=O) groups is 1. The number of hydrogen-bond acceptors (Lipinski definition) is 5. The van der Waals surface area contributed by atoms with Crippen molar-refractivity contribution in [3.05, 3.63) is 35.9 Å². The SMILES string of the molecule is CCCCCO[C@@H]1[C@@H](Cc2ccccc2)COC[C@H](N)C(=O)O[C@H]1C. The van der Waals surface area contributed by atoms with E-state index in [0.29, 0.717) is 13.2 Å². The Morgan fingerprint density at radius 2 is 1.96 bits per heavy atom. The van der Waals surface area contributed by atoms with E-state index in [9.17, 15) is 4.79 Å². The van der Waals surface area contributed by atoms with Gasteiger partial charge in [-0.15, -0.1) is 0 Å². The first-order valence-electron chi connectivity index (χ1n) is 9.31. The van der Waals surface area contributed by atoms with Crippen molar-refractivity contribution < 1.29 is 19.0 Å². The second-order valence-corrected chi connectivity index (χ2v) is 6.78. The Morgan fingerprint density at radius 3 is 2.68 bits per heavy atom. The minimum atomic E-state index is -0.737. The van der Waals surface area contributed by atoms with Crippen LogP contribution < -0.4 is 5.73 Å². The lowest BCUT2D eigenvalue weighted by Gasteiger charge is -2.31. The molecule has 4 atom stereocenters. The molecule has 2 N–H and O–H groups in total. The van der Waals surface area contributed by atoms with Gasteiger partial charge in [-0.1, -0.05) is 50.1 Å². The second-order valence-electron chi connectivity index (χ2n) is 6.78. The van der Waals surface area contributed by atoms with Crippen LogP contribution in [0, 0.1) is 5.92 Å². The summed E-state index contributed by atoms with van der Waals surface area (Å²) in [6.07, 6.45) is 3.54. The van der Waals surface area contributed by atoms with Crippen LogP contribution in [0.5, 0.6) is 0 Å². The molecule has 1 heterocycles. The highest BCUT2D eigenvalue weighted by Gasteiger charge is 2.33. The first kappa shape index (κ1) is 19.9.